The van der Waals surface area contributed by atoms with E-state index in [4.69, 9.17) is 16.1 Å². The number of benzene rings is 3. The van der Waals surface area contributed by atoms with E-state index in [1.807, 2.05) is 60.7 Å². The van der Waals surface area contributed by atoms with Gasteiger partial charge in [0.1, 0.15) is 0 Å². The molecule has 1 aromatic heterocycles. The lowest BCUT2D eigenvalue weighted by Crippen LogP contribution is -2.11. The molecule has 0 atom stereocenters. The summed E-state index contributed by atoms with van der Waals surface area (Å²) in [5, 5.41) is 8.18. The zero-order valence-corrected chi connectivity index (χ0v) is 13.8. The number of hydrogen-bond acceptors (Lipinski definition) is 3. The van der Waals surface area contributed by atoms with E-state index in [1.54, 1.807) is 12.1 Å². The molecule has 0 aliphatic rings. The lowest BCUT2D eigenvalue weighted by molar-refractivity contribution is 0.102. The zero-order chi connectivity index (χ0) is 17.2. The van der Waals surface area contributed by atoms with Crippen molar-refractivity contribution in [3.63, 3.8) is 0 Å². The van der Waals surface area contributed by atoms with Gasteiger partial charge in [-0.25, -0.2) is 0 Å². The van der Waals surface area contributed by atoms with Crippen LogP contribution in [0.2, 0.25) is 5.02 Å². The number of carbonyl (C=O) groups excluding carboxylic acids is 1. The molecule has 0 bridgehead atoms. The van der Waals surface area contributed by atoms with Crippen molar-refractivity contribution in [1.29, 1.82) is 0 Å². The molecule has 0 aliphatic carbocycles. The number of amides is 1. The Kier molecular flexibility index (Phi) is 3.96. The molecule has 4 rings (SSSR count). The van der Waals surface area contributed by atoms with Gasteiger partial charge >= 0.3 is 0 Å². The minimum atomic E-state index is -0.227. The molecule has 0 saturated carbocycles. The van der Waals surface area contributed by atoms with Crippen LogP contribution in [0.25, 0.3) is 22.1 Å². The van der Waals surface area contributed by atoms with Gasteiger partial charge in [0, 0.05) is 10.6 Å². The summed E-state index contributed by atoms with van der Waals surface area (Å²) < 4.78 is 5.38. The molecule has 1 N–H and O–H groups in total. The Labute approximate surface area is 149 Å². The smallest absolute Gasteiger partial charge is 0.256 e. The first-order chi connectivity index (χ1) is 12.2. The van der Waals surface area contributed by atoms with Gasteiger partial charge in [-0.3, -0.25) is 4.79 Å². The largest absolute Gasteiger partial charge is 0.354 e. The number of carbonyl (C=O) groups is 1. The van der Waals surface area contributed by atoms with Crippen molar-refractivity contribution in [2.45, 2.75) is 0 Å². The van der Waals surface area contributed by atoms with E-state index in [-0.39, 0.29) is 5.91 Å². The zero-order valence-electron chi connectivity index (χ0n) is 13.1. The Hall–Kier alpha value is -3.11. The maximum absolute atomic E-state index is 12.3. The number of hydrogen-bond donors (Lipinski definition) is 1. The quantitative estimate of drug-likeness (QED) is 0.539. The Bertz CT molecular complexity index is 1060. The summed E-state index contributed by atoms with van der Waals surface area (Å²) >= 11 is 6.05. The van der Waals surface area contributed by atoms with E-state index >= 15 is 0 Å². The average molecular weight is 349 g/mol. The predicted molar refractivity (Wildman–Crippen MR) is 98.9 cm³/mol. The van der Waals surface area contributed by atoms with Gasteiger partial charge in [0.25, 0.3) is 5.91 Å². The number of aromatic nitrogens is 1. The standard InChI is InChI=1S/C20H13ClN2O2/c21-16-8-4-7-14(11-16)15-9-10-17-18(12-15)25-23-19(17)22-20(24)13-5-2-1-3-6-13/h1-12H,(H,22,23,24). The SMILES string of the molecule is O=C(Nc1noc2cc(-c3cccc(Cl)c3)ccc12)c1ccccc1. The van der Waals surface area contributed by atoms with Crippen LogP contribution in [0.15, 0.2) is 77.3 Å². The van der Waals surface area contributed by atoms with Crippen LogP contribution in [0.5, 0.6) is 0 Å². The lowest BCUT2D eigenvalue weighted by Gasteiger charge is -2.03. The highest BCUT2D eigenvalue weighted by atomic mass is 35.5. The van der Waals surface area contributed by atoms with E-state index in [0.29, 0.717) is 22.0 Å². The fourth-order valence-electron chi connectivity index (χ4n) is 2.64. The molecule has 0 unspecified atom stereocenters. The predicted octanol–water partition coefficient (Wildman–Crippen LogP) is 5.40. The summed E-state index contributed by atoms with van der Waals surface area (Å²) in [6, 6.07) is 22.3. The fourth-order valence-corrected chi connectivity index (χ4v) is 2.83. The first-order valence-electron chi connectivity index (χ1n) is 7.72. The van der Waals surface area contributed by atoms with Gasteiger partial charge in [0.2, 0.25) is 0 Å². The third-order valence-corrected chi connectivity index (χ3v) is 4.13. The van der Waals surface area contributed by atoms with E-state index in [0.717, 1.165) is 16.5 Å². The number of nitrogens with one attached hydrogen (secondary N) is 1. The number of nitrogens with zero attached hydrogens (tertiary/aromatic N) is 1. The number of fused-ring (bicyclic) bond motifs is 1. The molecular weight excluding hydrogens is 336 g/mol. The minimum absolute atomic E-state index is 0.227. The van der Waals surface area contributed by atoms with Crippen LogP contribution in [0.3, 0.4) is 0 Å². The molecule has 122 valence electrons. The Morgan fingerprint density at radius 1 is 0.920 bits per heavy atom. The van der Waals surface area contributed by atoms with Crippen LogP contribution in [0.4, 0.5) is 5.82 Å². The molecule has 4 nitrogen and oxygen atoms in total. The summed E-state index contributed by atoms with van der Waals surface area (Å²) in [6.07, 6.45) is 0. The highest BCUT2D eigenvalue weighted by Gasteiger charge is 2.13. The van der Waals surface area contributed by atoms with Crippen molar-refractivity contribution in [2.24, 2.45) is 0 Å². The van der Waals surface area contributed by atoms with Crippen LogP contribution < -0.4 is 5.32 Å². The van der Waals surface area contributed by atoms with Crippen LogP contribution in [-0.2, 0) is 0 Å². The highest BCUT2D eigenvalue weighted by Crippen LogP contribution is 2.29. The van der Waals surface area contributed by atoms with Crippen LogP contribution in [0.1, 0.15) is 10.4 Å². The fraction of sp³-hybridized carbons (Fsp3) is 0. The van der Waals surface area contributed by atoms with E-state index < -0.39 is 0 Å². The summed E-state index contributed by atoms with van der Waals surface area (Å²) in [4.78, 5) is 12.3. The van der Waals surface area contributed by atoms with Gasteiger partial charge in [0.15, 0.2) is 11.4 Å². The van der Waals surface area contributed by atoms with Crippen molar-refractivity contribution >= 4 is 34.3 Å². The van der Waals surface area contributed by atoms with Gasteiger partial charge in [-0.15, -0.1) is 0 Å². The molecule has 0 fully saturated rings. The van der Waals surface area contributed by atoms with E-state index in [9.17, 15) is 4.79 Å². The number of rotatable bonds is 3. The van der Waals surface area contributed by atoms with E-state index in [2.05, 4.69) is 10.5 Å². The van der Waals surface area contributed by atoms with Gasteiger partial charge in [-0.1, -0.05) is 53.2 Å². The first kappa shape index (κ1) is 15.4. The lowest BCUT2D eigenvalue weighted by atomic mass is 10.0. The first-order valence-corrected chi connectivity index (χ1v) is 8.10. The summed E-state index contributed by atoms with van der Waals surface area (Å²) in [5.41, 5.74) is 3.11. The summed E-state index contributed by atoms with van der Waals surface area (Å²) in [6.45, 7) is 0. The molecule has 5 heteroatoms. The van der Waals surface area contributed by atoms with Crippen LogP contribution in [0, 0.1) is 0 Å². The monoisotopic (exact) mass is 348 g/mol. The third-order valence-electron chi connectivity index (χ3n) is 3.90. The molecule has 0 radical (unpaired) electrons. The van der Waals surface area contributed by atoms with Crippen LogP contribution in [-0.4, -0.2) is 11.1 Å². The van der Waals surface area contributed by atoms with Gasteiger partial charge in [0.05, 0.1) is 5.39 Å². The molecule has 0 saturated heterocycles. The maximum Gasteiger partial charge on any atom is 0.256 e. The Morgan fingerprint density at radius 3 is 2.52 bits per heavy atom. The maximum atomic E-state index is 12.3. The molecule has 1 heterocycles. The molecule has 25 heavy (non-hydrogen) atoms. The Balaban J connectivity index is 1.65. The normalized spacial score (nSPS) is 10.8. The van der Waals surface area contributed by atoms with Crippen LogP contribution >= 0.6 is 11.6 Å². The number of halogens is 1. The summed E-state index contributed by atoms with van der Waals surface area (Å²) in [7, 11) is 0. The van der Waals surface area contributed by atoms with Crippen molar-refractivity contribution in [2.75, 3.05) is 5.32 Å². The van der Waals surface area contributed by atoms with Gasteiger partial charge in [-0.2, -0.15) is 0 Å². The second-order valence-electron chi connectivity index (χ2n) is 5.57. The number of anilines is 1. The minimum Gasteiger partial charge on any atom is -0.354 e. The molecule has 0 aliphatic heterocycles. The molecular formula is C20H13ClN2O2. The second kappa shape index (κ2) is 6.42. The van der Waals surface area contributed by atoms with Crippen molar-refractivity contribution in [3.8, 4) is 11.1 Å². The molecule has 0 spiro atoms. The average Bonchev–Trinajstić information content (AvgIpc) is 3.04. The molecule has 3 aromatic carbocycles. The molecule has 4 aromatic rings. The van der Waals surface area contributed by atoms with Gasteiger partial charge in [-0.05, 0) is 47.5 Å². The molecule has 1 amide bonds. The second-order valence-corrected chi connectivity index (χ2v) is 6.01. The van der Waals surface area contributed by atoms with Crippen molar-refractivity contribution in [3.05, 3.63) is 83.4 Å². The van der Waals surface area contributed by atoms with Crippen molar-refractivity contribution in [1.82, 2.24) is 5.16 Å². The highest BCUT2D eigenvalue weighted by molar-refractivity contribution is 6.30. The topological polar surface area (TPSA) is 55.1 Å². The third kappa shape index (κ3) is 3.12. The van der Waals surface area contributed by atoms with Crippen molar-refractivity contribution < 1.29 is 9.32 Å². The summed E-state index contributed by atoms with van der Waals surface area (Å²) in [5.74, 6) is 0.177. The Morgan fingerprint density at radius 2 is 1.72 bits per heavy atom. The van der Waals surface area contributed by atoms with E-state index in [1.165, 1.54) is 0 Å². The van der Waals surface area contributed by atoms with Gasteiger partial charge < -0.3 is 9.84 Å².